The van der Waals surface area contributed by atoms with E-state index in [1.807, 2.05) is 30.3 Å². The van der Waals surface area contributed by atoms with E-state index in [2.05, 4.69) is 41.8 Å². The Balaban J connectivity index is 1.33. The second-order valence-electron chi connectivity index (χ2n) is 7.35. The first-order valence-electron chi connectivity index (χ1n) is 10.4. The van der Waals surface area contributed by atoms with E-state index in [1.165, 1.54) is 5.56 Å². The molecule has 0 bridgehead atoms. The zero-order valence-corrected chi connectivity index (χ0v) is 16.8. The third-order valence-electron chi connectivity index (χ3n) is 5.24. The number of nitrogens with zero attached hydrogens (tertiary/aromatic N) is 1. The number of ether oxygens (including phenoxy) is 3. The Morgan fingerprint density at radius 3 is 2.66 bits per heavy atom. The van der Waals surface area contributed by atoms with Gasteiger partial charge < -0.3 is 24.8 Å². The van der Waals surface area contributed by atoms with Gasteiger partial charge in [-0.15, -0.1) is 0 Å². The number of para-hydroxylation sites is 2. The summed E-state index contributed by atoms with van der Waals surface area (Å²) in [7, 11) is 0. The van der Waals surface area contributed by atoms with Gasteiger partial charge in [-0.2, -0.15) is 0 Å². The first kappa shape index (κ1) is 19.6. The van der Waals surface area contributed by atoms with E-state index in [0.717, 1.165) is 43.6 Å². The van der Waals surface area contributed by atoms with Crippen LogP contribution in [0.1, 0.15) is 25.0 Å². The quantitative estimate of drug-likeness (QED) is 0.581. The molecule has 0 aromatic heterocycles. The summed E-state index contributed by atoms with van der Waals surface area (Å²) in [5.41, 5.74) is 1.23. The van der Waals surface area contributed by atoms with Crippen molar-refractivity contribution in [3.05, 3.63) is 60.2 Å². The highest BCUT2D eigenvalue weighted by Gasteiger charge is 2.29. The molecule has 3 unspecified atom stereocenters. The van der Waals surface area contributed by atoms with Crippen LogP contribution in [0.3, 0.4) is 0 Å². The Morgan fingerprint density at radius 1 is 1.03 bits per heavy atom. The second kappa shape index (κ2) is 9.65. The minimum absolute atomic E-state index is 0.0550. The minimum Gasteiger partial charge on any atom is -0.486 e. The van der Waals surface area contributed by atoms with Crippen LogP contribution in [0, 0.1) is 5.92 Å². The number of guanidine groups is 1. The molecular formula is C23H29N3O3. The molecule has 2 aliphatic rings. The molecule has 0 spiro atoms. The maximum absolute atomic E-state index is 6.02. The van der Waals surface area contributed by atoms with Crippen LogP contribution in [0.2, 0.25) is 0 Å². The van der Waals surface area contributed by atoms with E-state index >= 15 is 0 Å². The average Bonchev–Trinajstić information content (AvgIpc) is 3.25. The Labute approximate surface area is 172 Å². The lowest BCUT2D eigenvalue weighted by atomic mass is 9.95. The van der Waals surface area contributed by atoms with Crippen LogP contribution >= 0.6 is 0 Å². The molecule has 6 nitrogen and oxygen atoms in total. The summed E-state index contributed by atoms with van der Waals surface area (Å²) in [6.07, 6.45) is 1.09. The summed E-state index contributed by atoms with van der Waals surface area (Å²) in [6.45, 7) is 5.54. The molecule has 2 heterocycles. The van der Waals surface area contributed by atoms with Crippen molar-refractivity contribution in [1.29, 1.82) is 0 Å². The molecule has 0 aliphatic carbocycles. The molecule has 0 amide bonds. The lowest BCUT2D eigenvalue weighted by Crippen LogP contribution is -2.45. The molecule has 2 aromatic rings. The maximum Gasteiger partial charge on any atom is 0.191 e. The van der Waals surface area contributed by atoms with Gasteiger partial charge in [0, 0.05) is 25.6 Å². The molecule has 0 saturated carbocycles. The van der Waals surface area contributed by atoms with Gasteiger partial charge in [0.2, 0.25) is 0 Å². The maximum atomic E-state index is 6.02. The van der Waals surface area contributed by atoms with Gasteiger partial charge in [0.15, 0.2) is 17.5 Å². The fourth-order valence-corrected chi connectivity index (χ4v) is 3.76. The molecule has 29 heavy (non-hydrogen) atoms. The Kier molecular flexibility index (Phi) is 6.52. The van der Waals surface area contributed by atoms with E-state index < -0.39 is 0 Å². The largest absolute Gasteiger partial charge is 0.486 e. The lowest BCUT2D eigenvalue weighted by molar-refractivity contribution is 0.0920. The van der Waals surface area contributed by atoms with E-state index in [-0.39, 0.29) is 12.2 Å². The van der Waals surface area contributed by atoms with Gasteiger partial charge in [-0.3, -0.25) is 4.99 Å². The molecule has 0 radical (unpaired) electrons. The number of benzene rings is 2. The number of fused-ring (bicyclic) bond motifs is 1. The van der Waals surface area contributed by atoms with Crippen molar-refractivity contribution in [2.45, 2.75) is 25.6 Å². The zero-order valence-electron chi connectivity index (χ0n) is 16.8. The van der Waals surface area contributed by atoms with Crippen LogP contribution in [0.15, 0.2) is 59.6 Å². The summed E-state index contributed by atoms with van der Waals surface area (Å²) in [5.74, 6) is 2.78. The molecule has 2 aromatic carbocycles. The molecule has 6 heteroatoms. The van der Waals surface area contributed by atoms with Crippen molar-refractivity contribution in [1.82, 2.24) is 10.6 Å². The summed E-state index contributed by atoms with van der Waals surface area (Å²) >= 11 is 0. The highest BCUT2D eigenvalue weighted by atomic mass is 16.6. The van der Waals surface area contributed by atoms with Crippen molar-refractivity contribution in [3.8, 4) is 11.5 Å². The minimum atomic E-state index is -0.0550. The van der Waals surface area contributed by atoms with E-state index in [1.54, 1.807) is 0 Å². The van der Waals surface area contributed by atoms with Crippen LogP contribution in [0.4, 0.5) is 0 Å². The average molecular weight is 396 g/mol. The SMILES string of the molecule is CCNC(=NCC1CCOC1c1ccccc1)NCC1COc2ccccc2O1. The van der Waals surface area contributed by atoms with Gasteiger partial charge in [-0.1, -0.05) is 42.5 Å². The topological polar surface area (TPSA) is 64.1 Å². The molecule has 4 rings (SSSR count). The van der Waals surface area contributed by atoms with Crippen molar-refractivity contribution >= 4 is 5.96 Å². The van der Waals surface area contributed by atoms with Gasteiger partial charge in [0.1, 0.15) is 12.7 Å². The van der Waals surface area contributed by atoms with Crippen molar-refractivity contribution in [2.24, 2.45) is 10.9 Å². The standard InChI is InChI=1S/C23H29N3O3/c1-2-24-23(26-15-19-16-28-20-10-6-7-11-21(20)29-19)25-14-18-12-13-27-22(18)17-8-4-3-5-9-17/h3-11,18-19,22H,2,12-16H2,1H3,(H2,24,25,26). The Morgan fingerprint density at radius 2 is 1.83 bits per heavy atom. The van der Waals surface area contributed by atoms with Crippen LogP contribution in [0.5, 0.6) is 11.5 Å². The van der Waals surface area contributed by atoms with E-state index in [9.17, 15) is 0 Å². The zero-order chi connectivity index (χ0) is 19.9. The number of aliphatic imine (C=N–C) groups is 1. The molecular weight excluding hydrogens is 366 g/mol. The molecule has 2 N–H and O–H groups in total. The normalized spacial score (nSPS) is 23.6. The van der Waals surface area contributed by atoms with Crippen molar-refractivity contribution in [3.63, 3.8) is 0 Å². The highest BCUT2D eigenvalue weighted by molar-refractivity contribution is 5.79. The number of nitrogens with one attached hydrogen (secondary N) is 2. The highest BCUT2D eigenvalue weighted by Crippen LogP contribution is 2.34. The van der Waals surface area contributed by atoms with Crippen molar-refractivity contribution in [2.75, 3.05) is 32.8 Å². The predicted molar refractivity (Wildman–Crippen MR) is 114 cm³/mol. The molecule has 3 atom stereocenters. The Hall–Kier alpha value is -2.73. The first-order valence-corrected chi connectivity index (χ1v) is 10.4. The summed E-state index contributed by atoms with van der Waals surface area (Å²) in [5, 5.41) is 6.71. The third-order valence-corrected chi connectivity index (χ3v) is 5.24. The van der Waals surface area contributed by atoms with Gasteiger partial charge >= 0.3 is 0 Å². The van der Waals surface area contributed by atoms with Crippen LogP contribution in [-0.4, -0.2) is 44.9 Å². The number of hydrogen-bond acceptors (Lipinski definition) is 4. The molecule has 1 fully saturated rings. The van der Waals surface area contributed by atoms with Gasteiger partial charge in [0.25, 0.3) is 0 Å². The number of hydrogen-bond donors (Lipinski definition) is 2. The third kappa shape index (κ3) is 5.01. The fraction of sp³-hybridized carbons (Fsp3) is 0.435. The summed E-state index contributed by atoms with van der Waals surface area (Å²) < 4.78 is 17.8. The van der Waals surface area contributed by atoms with Crippen molar-refractivity contribution < 1.29 is 14.2 Å². The van der Waals surface area contributed by atoms with Gasteiger partial charge in [-0.05, 0) is 31.0 Å². The lowest BCUT2D eigenvalue weighted by Gasteiger charge is -2.27. The molecule has 1 saturated heterocycles. The fourth-order valence-electron chi connectivity index (χ4n) is 3.76. The number of rotatable bonds is 6. The summed E-state index contributed by atoms with van der Waals surface area (Å²) in [6, 6.07) is 18.2. The van der Waals surface area contributed by atoms with Gasteiger partial charge in [-0.25, -0.2) is 0 Å². The predicted octanol–water partition coefficient (Wildman–Crippen LogP) is 3.16. The second-order valence-corrected chi connectivity index (χ2v) is 7.35. The van der Waals surface area contributed by atoms with Crippen LogP contribution < -0.4 is 20.1 Å². The smallest absolute Gasteiger partial charge is 0.191 e. The monoisotopic (exact) mass is 395 g/mol. The van der Waals surface area contributed by atoms with Crippen LogP contribution in [0.25, 0.3) is 0 Å². The summed E-state index contributed by atoms with van der Waals surface area (Å²) in [4.78, 5) is 4.82. The van der Waals surface area contributed by atoms with Gasteiger partial charge in [0.05, 0.1) is 12.6 Å². The van der Waals surface area contributed by atoms with E-state index in [0.29, 0.717) is 19.1 Å². The van der Waals surface area contributed by atoms with E-state index in [4.69, 9.17) is 19.2 Å². The molecule has 154 valence electrons. The van der Waals surface area contributed by atoms with Crippen LogP contribution in [-0.2, 0) is 4.74 Å². The first-order chi connectivity index (χ1) is 14.3. The molecule has 2 aliphatic heterocycles. The Bertz CT molecular complexity index is 812.